The molecule has 0 aliphatic rings. The Hall–Kier alpha value is -1.67. The molecule has 0 unspecified atom stereocenters. The predicted molar refractivity (Wildman–Crippen MR) is 67.4 cm³/mol. The summed E-state index contributed by atoms with van der Waals surface area (Å²) >= 11 is 7.06. The number of tetrazole rings is 1. The summed E-state index contributed by atoms with van der Waals surface area (Å²) in [5.74, 6) is -0.00250. The van der Waals surface area contributed by atoms with Crippen molar-refractivity contribution in [3.05, 3.63) is 23.5 Å². The van der Waals surface area contributed by atoms with Crippen LogP contribution >= 0.6 is 23.4 Å². The molecule has 0 atom stereocenters. The quantitative estimate of drug-likeness (QED) is 0.666. The lowest BCUT2D eigenvalue weighted by molar-refractivity contribution is -0.113. The molecule has 0 aliphatic heterocycles. The van der Waals surface area contributed by atoms with Crippen LogP contribution in [0.15, 0.2) is 23.5 Å². The Bertz CT molecular complexity index is 559. The Morgan fingerprint density at radius 3 is 3.11 bits per heavy atom. The summed E-state index contributed by atoms with van der Waals surface area (Å²) in [7, 11) is 1.71. The van der Waals surface area contributed by atoms with Gasteiger partial charge in [-0.2, -0.15) is 0 Å². The monoisotopic (exact) mass is 284 g/mol. The van der Waals surface area contributed by atoms with Gasteiger partial charge in [-0.25, -0.2) is 9.67 Å². The average Bonchev–Trinajstić information content (AvgIpc) is 2.75. The van der Waals surface area contributed by atoms with Crippen LogP contribution in [0, 0.1) is 0 Å². The molecule has 0 fully saturated rings. The number of nitrogens with one attached hydrogen (secondary N) is 1. The predicted octanol–water partition coefficient (Wildman–Crippen LogP) is 0.989. The summed E-state index contributed by atoms with van der Waals surface area (Å²) < 4.78 is 1.50. The Balaban J connectivity index is 1.90. The first kappa shape index (κ1) is 12.8. The van der Waals surface area contributed by atoms with E-state index in [-0.39, 0.29) is 16.8 Å². The summed E-state index contributed by atoms with van der Waals surface area (Å²) in [4.78, 5) is 15.5. The first-order chi connectivity index (χ1) is 8.66. The van der Waals surface area contributed by atoms with Gasteiger partial charge < -0.3 is 5.32 Å². The fraction of sp³-hybridized carbons (Fsp3) is 0.222. The summed E-state index contributed by atoms with van der Waals surface area (Å²) in [6.45, 7) is 0. The normalized spacial score (nSPS) is 10.3. The van der Waals surface area contributed by atoms with Gasteiger partial charge in [0.25, 0.3) is 0 Å². The standard InChI is InChI=1S/C9H9ClN6OS/c1-16-9(13-14-15-16)18-5-7(17)12-6-3-2-4-11-8(6)10/h2-4H,5H2,1H3,(H,12,17). The molecule has 1 amide bonds. The highest BCUT2D eigenvalue weighted by molar-refractivity contribution is 7.99. The van der Waals surface area contributed by atoms with Crippen molar-refractivity contribution in [1.82, 2.24) is 25.2 Å². The van der Waals surface area contributed by atoms with Crippen molar-refractivity contribution in [3.8, 4) is 0 Å². The van der Waals surface area contributed by atoms with Crippen LogP contribution in [0.2, 0.25) is 5.15 Å². The maximum absolute atomic E-state index is 11.7. The number of hydrogen-bond donors (Lipinski definition) is 1. The minimum atomic E-state index is -0.196. The number of carbonyl (C=O) groups excluding carboxylic acids is 1. The van der Waals surface area contributed by atoms with Crippen LogP contribution < -0.4 is 5.32 Å². The van der Waals surface area contributed by atoms with E-state index in [2.05, 4.69) is 25.8 Å². The molecule has 1 N–H and O–H groups in total. The molecule has 2 rings (SSSR count). The van der Waals surface area contributed by atoms with E-state index in [0.29, 0.717) is 10.8 Å². The van der Waals surface area contributed by atoms with Crippen LogP contribution in [0.3, 0.4) is 0 Å². The van der Waals surface area contributed by atoms with Crippen molar-refractivity contribution >= 4 is 35.0 Å². The summed E-state index contributed by atoms with van der Waals surface area (Å²) in [5.41, 5.74) is 0.487. The Labute approximate surface area is 112 Å². The number of anilines is 1. The number of aryl methyl sites for hydroxylation is 1. The van der Waals surface area contributed by atoms with Gasteiger partial charge in [-0.15, -0.1) is 5.10 Å². The molecule has 0 bridgehead atoms. The number of hydrogen-bond acceptors (Lipinski definition) is 6. The zero-order valence-electron chi connectivity index (χ0n) is 9.37. The number of nitrogens with zero attached hydrogens (tertiary/aromatic N) is 5. The zero-order valence-corrected chi connectivity index (χ0v) is 10.9. The molecule has 0 aliphatic carbocycles. The van der Waals surface area contributed by atoms with Gasteiger partial charge in [-0.1, -0.05) is 23.4 Å². The Morgan fingerprint density at radius 1 is 1.61 bits per heavy atom. The lowest BCUT2D eigenvalue weighted by atomic mass is 10.4. The second kappa shape index (κ2) is 5.78. The Morgan fingerprint density at radius 2 is 2.44 bits per heavy atom. The molecule has 2 aromatic rings. The maximum Gasteiger partial charge on any atom is 0.234 e. The van der Waals surface area contributed by atoms with Crippen molar-refractivity contribution in [2.45, 2.75) is 5.16 Å². The van der Waals surface area contributed by atoms with Crippen LogP contribution in [-0.2, 0) is 11.8 Å². The van der Waals surface area contributed by atoms with Crippen molar-refractivity contribution in [2.24, 2.45) is 7.05 Å². The highest BCUT2D eigenvalue weighted by Gasteiger charge is 2.09. The highest BCUT2D eigenvalue weighted by atomic mass is 35.5. The topological polar surface area (TPSA) is 85.6 Å². The van der Waals surface area contributed by atoms with E-state index in [1.807, 2.05) is 0 Å². The maximum atomic E-state index is 11.7. The van der Waals surface area contributed by atoms with Gasteiger partial charge in [-0.05, 0) is 22.6 Å². The van der Waals surface area contributed by atoms with Crippen LogP contribution in [0.5, 0.6) is 0 Å². The van der Waals surface area contributed by atoms with Crippen molar-refractivity contribution in [3.63, 3.8) is 0 Å². The van der Waals surface area contributed by atoms with Gasteiger partial charge in [0.15, 0.2) is 5.15 Å². The molecular weight excluding hydrogens is 276 g/mol. The fourth-order valence-corrected chi connectivity index (χ4v) is 1.96. The highest BCUT2D eigenvalue weighted by Crippen LogP contribution is 2.18. The van der Waals surface area contributed by atoms with Gasteiger partial charge in [0, 0.05) is 13.2 Å². The second-order valence-corrected chi connectivity index (χ2v) is 4.56. The van der Waals surface area contributed by atoms with Gasteiger partial charge in [-0.3, -0.25) is 4.79 Å². The molecule has 0 spiro atoms. The number of thioether (sulfide) groups is 1. The third kappa shape index (κ3) is 3.17. The Kier molecular flexibility index (Phi) is 4.11. The fourth-order valence-electron chi connectivity index (χ4n) is 1.14. The number of aromatic nitrogens is 5. The van der Waals surface area contributed by atoms with Crippen molar-refractivity contribution in [1.29, 1.82) is 0 Å². The number of pyridine rings is 1. The van der Waals surface area contributed by atoms with E-state index in [1.165, 1.54) is 16.4 Å². The summed E-state index contributed by atoms with van der Waals surface area (Å²) in [6.07, 6.45) is 1.55. The van der Waals surface area contributed by atoms with Crippen molar-refractivity contribution < 1.29 is 4.79 Å². The molecule has 0 aromatic carbocycles. The molecule has 7 nitrogen and oxygen atoms in total. The van der Waals surface area contributed by atoms with E-state index >= 15 is 0 Å². The summed E-state index contributed by atoms with van der Waals surface area (Å²) in [5, 5.41) is 14.4. The molecule has 0 saturated carbocycles. The number of halogens is 1. The lowest BCUT2D eigenvalue weighted by Crippen LogP contribution is -2.15. The third-order valence-electron chi connectivity index (χ3n) is 1.95. The van der Waals surface area contributed by atoms with Gasteiger partial charge in [0.2, 0.25) is 11.1 Å². The van der Waals surface area contributed by atoms with Gasteiger partial charge in [0.05, 0.1) is 11.4 Å². The molecule has 94 valence electrons. The van der Waals surface area contributed by atoms with Crippen molar-refractivity contribution in [2.75, 3.05) is 11.1 Å². The van der Waals surface area contributed by atoms with E-state index in [0.717, 1.165) is 0 Å². The van der Waals surface area contributed by atoms with E-state index in [9.17, 15) is 4.79 Å². The molecule has 9 heteroatoms. The number of carbonyl (C=O) groups is 1. The first-order valence-electron chi connectivity index (χ1n) is 4.92. The van der Waals surface area contributed by atoms with Gasteiger partial charge >= 0.3 is 0 Å². The number of rotatable bonds is 4. The van der Waals surface area contributed by atoms with E-state index in [1.54, 1.807) is 25.4 Å². The van der Waals surface area contributed by atoms with Crippen LogP contribution in [0.4, 0.5) is 5.69 Å². The minimum Gasteiger partial charge on any atom is -0.323 e. The average molecular weight is 285 g/mol. The second-order valence-electron chi connectivity index (χ2n) is 3.26. The molecule has 0 radical (unpaired) electrons. The molecule has 2 aromatic heterocycles. The lowest BCUT2D eigenvalue weighted by Gasteiger charge is -2.05. The SMILES string of the molecule is Cn1nnnc1SCC(=O)Nc1cccnc1Cl. The minimum absolute atomic E-state index is 0.194. The zero-order chi connectivity index (χ0) is 13.0. The number of amides is 1. The smallest absolute Gasteiger partial charge is 0.234 e. The van der Waals surface area contributed by atoms with Crippen LogP contribution in [-0.4, -0.2) is 36.9 Å². The van der Waals surface area contributed by atoms with E-state index in [4.69, 9.17) is 11.6 Å². The first-order valence-corrected chi connectivity index (χ1v) is 6.28. The molecule has 0 saturated heterocycles. The largest absolute Gasteiger partial charge is 0.323 e. The van der Waals surface area contributed by atoms with Gasteiger partial charge in [0.1, 0.15) is 0 Å². The molecule has 18 heavy (non-hydrogen) atoms. The molecule has 2 heterocycles. The van der Waals surface area contributed by atoms with E-state index < -0.39 is 0 Å². The van der Waals surface area contributed by atoms with Crippen LogP contribution in [0.1, 0.15) is 0 Å². The van der Waals surface area contributed by atoms with Crippen LogP contribution in [0.25, 0.3) is 0 Å². The third-order valence-corrected chi connectivity index (χ3v) is 3.26. The summed E-state index contributed by atoms with van der Waals surface area (Å²) in [6, 6.07) is 3.38. The molecular formula is C9H9ClN6OS.